The quantitative estimate of drug-likeness (QED) is 0.0417. The molecule has 0 spiro atoms. The third kappa shape index (κ3) is 16.9. The Labute approximate surface area is 535 Å². The van der Waals surface area contributed by atoms with Gasteiger partial charge in [-0.2, -0.15) is 10.2 Å². The number of nitrogens with zero attached hydrogens (tertiary/aromatic N) is 6. The van der Waals surface area contributed by atoms with Crippen LogP contribution in [0.3, 0.4) is 0 Å². The predicted octanol–water partition coefficient (Wildman–Crippen LogP) is 14.4. The van der Waals surface area contributed by atoms with Crippen molar-refractivity contribution < 1.29 is 35.9 Å². The third-order valence-electron chi connectivity index (χ3n) is 14.3. The van der Waals surface area contributed by atoms with Crippen molar-refractivity contribution in [2.24, 2.45) is 0 Å². The van der Waals surface area contributed by atoms with Crippen LogP contribution in [0.4, 0.5) is 44.0 Å². The number of aromatic nitrogens is 6. The fourth-order valence-corrected chi connectivity index (χ4v) is 11.5. The Balaban J connectivity index is 0.000000202. The number of hydrogen-bond acceptors (Lipinski definition) is 12. The number of nitrogens with one attached hydrogen (secondary N) is 6. The Morgan fingerprint density at radius 3 is 1.35 bits per heavy atom. The van der Waals surface area contributed by atoms with E-state index in [1.165, 1.54) is 24.3 Å². The molecule has 0 aliphatic carbocycles. The van der Waals surface area contributed by atoms with Crippen LogP contribution in [0.2, 0.25) is 0 Å². The zero-order valence-corrected chi connectivity index (χ0v) is 53.2. The molecule has 0 saturated heterocycles. The van der Waals surface area contributed by atoms with Gasteiger partial charge in [0.25, 0.3) is 20.0 Å². The Kier molecular flexibility index (Phi) is 19.8. The lowest BCUT2D eigenvalue weighted by molar-refractivity contribution is 0.261. The predicted molar refractivity (Wildman–Crippen MR) is 362 cm³/mol. The second kappa shape index (κ2) is 28.3. The Morgan fingerprint density at radius 1 is 0.446 bits per heavy atom. The van der Waals surface area contributed by atoms with Crippen molar-refractivity contribution >= 4 is 77.3 Å². The molecule has 6 N–H and O–H groups in total. The third-order valence-corrected chi connectivity index (χ3v) is 17.1. The summed E-state index contributed by atoms with van der Waals surface area (Å²) in [7, 11) is -7.59. The fourth-order valence-electron chi connectivity index (χ4n) is 9.39. The van der Waals surface area contributed by atoms with E-state index in [0.29, 0.717) is 64.7 Å². The number of rotatable bonds is 20. The van der Waals surface area contributed by atoms with Gasteiger partial charge in [-0.05, 0) is 132 Å². The van der Waals surface area contributed by atoms with E-state index >= 15 is 0 Å². The van der Waals surface area contributed by atoms with E-state index in [9.17, 15) is 26.4 Å². The first-order valence-electron chi connectivity index (χ1n) is 29.5. The minimum Gasteiger partial charge on any atom is -0.493 e. The minimum absolute atomic E-state index is 0.0990. The largest absolute Gasteiger partial charge is 0.493 e. The molecule has 22 heteroatoms. The van der Waals surface area contributed by atoms with Crippen LogP contribution in [0, 0.1) is 0 Å². The molecule has 0 radical (unpaired) electrons. The van der Waals surface area contributed by atoms with Crippen LogP contribution in [-0.4, -0.2) is 71.6 Å². The summed E-state index contributed by atoms with van der Waals surface area (Å²) in [6.07, 6.45) is 8.58. The maximum Gasteiger partial charge on any atom is 0.324 e. The number of hydrogen-bond donors (Lipinski definition) is 6. The number of anilines is 6. The summed E-state index contributed by atoms with van der Waals surface area (Å²) in [5.74, 6) is 2.27. The molecule has 11 aromatic rings. The molecule has 0 unspecified atom stereocenters. The highest BCUT2D eigenvalue weighted by atomic mass is 32.2. The van der Waals surface area contributed by atoms with E-state index in [4.69, 9.17) is 19.7 Å². The van der Waals surface area contributed by atoms with Crippen LogP contribution < -0.4 is 40.2 Å². The molecular weight excluding hydrogens is 1200 g/mol. The van der Waals surface area contributed by atoms with Crippen molar-refractivity contribution in [3.05, 3.63) is 254 Å². The molecule has 0 aliphatic heterocycles. The molecule has 20 nitrogen and oxygen atoms in total. The number of fused-ring (bicyclic) bond motifs is 1. The van der Waals surface area contributed by atoms with E-state index < -0.39 is 32.1 Å². The van der Waals surface area contributed by atoms with Gasteiger partial charge in [-0.25, -0.2) is 35.8 Å². The van der Waals surface area contributed by atoms with Crippen molar-refractivity contribution in [1.82, 2.24) is 29.5 Å². The first-order valence-corrected chi connectivity index (χ1v) is 32.5. The highest BCUT2D eigenvalue weighted by molar-refractivity contribution is 7.93. The van der Waals surface area contributed by atoms with Gasteiger partial charge in [0.15, 0.2) is 0 Å². The number of urea groups is 2. The van der Waals surface area contributed by atoms with Gasteiger partial charge in [-0.3, -0.25) is 30.0 Å². The molecular formula is C70H70N12O8S2. The number of ether oxygens (including phenoxy) is 2. The van der Waals surface area contributed by atoms with Gasteiger partial charge in [0.2, 0.25) is 0 Å². The van der Waals surface area contributed by atoms with Gasteiger partial charge >= 0.3 is 12.1 Å². The number of pyridine rings is 2. The molecule has 7 aromatic carbocycles. The maximum atomic E-state index is 13.5. The van der Waals surface area contributed by atoms with Crippen LogP contribution >= 0.6 is 0 Å². The van der Waals surface area contributed by atoms with Gasteiger partial charge in [-0.15, -0.1) is 0 Å². The van der Waals surface area contributed by atoms with Crippen molar-refractivity contribution in [2.45, 2.75) is 75.0 Å². The SMILES string of the molecule is CC(C)(C)c1cc(NC(=O)Nc2ccc(OCCc3cccnc3)c3ccccc23)n(-c2ccc(S(=O)(=O)Nc3ccccc3)cc2)n1.CC(C)(C)c1cc(NC(=O)Nc2ccc(OCCc3cccnc3)cc2)n(-c2ccc(S(=O)(=O)Nc3ccccc3)cc2)n1. The topological polar surface area (TPSA) is 254 Å². The van der Waals surface area contributed by atoms with Gasteiger partial charge in [0, 0.05) is 88.4 Å². The summed E-state index contributed by atoms with van der Waals surface area (Å²) < 4.78 is 72.0. The summed E-state index contributed by atoms with van der Waals surface area (Å²) in [6.45, 7) is 13.1. The van der Waals surface area contributed by atoms with Crippen LogP contribution in [-0.2, 0) is 43.7 Å². The first kappa shape index (κ1) is 64.2. The number of para-hydroxylation sites is 2. The van der Waals surface area contributed by atoms with Gasteiger partial charge in [0.05, 0.1) is 51.5 Å². The Hall–Kier alpha value is -10.8. The number of carbonyl (C=O) groups is 2. The second-order valence-electron chi connectivity index (χ2n) is 23.3. The van der Waals surface area contributed by atoms with Gasteiger partial charge < -0.3 is 20.1 Å². The minimum atomic E-state index is -3.80. The van der Waals surface area contributed by atoms with Crippen LogP contribution in [0.1, 0.15) is 64.1 Å². The number of sulfonamides is 2. The van der Waals surface area contributed by atoms with Gasteiger partial charge in [-0.1, -0.05) is 114 Å². The molecule has 0 atom stereocenters. The molecule has 470 valence electrons. The molecule has 11 rings (SSSR count). The molecule has 4 amide bonds. The standard InChI is InChI=1S/C37H36N6O4S.C33H34N6O4S/c1-37(2,3)34-24-35(43(41-34)28-15-17-29(18-16-28)48(45,46)42-27-11-5-4-6-12-27)40-36(44)39-32-19-20-33(31-14-8-7-13-30(31)32)47-23-21-26-10-9-22-38-25-26;1-33(2,3)30-22-31(36-32(40)35-25-11-15-28(16-12-25)43-21-19-24-8-7-20-34-23-24)39(37-30)27-13-17-29(18-14-27)44(41,42)38-26-9-5-4-6-10-26/h4-20,22,24-25,42H,21,23H2,1-3H3,(H2,39,40,44);4-18,20,22-23,38H,19,21H2,1-3H3,(H2,35,36,40). The molecule has 4 heterocycles. The average Bonchev–Trinajstić information content (AvgIpc) is 1.66. The smallest absolute Gasteiger partial charge is 0.324 e. The van der Waals surface area contributed by atoms with Crippen molar-refractivity contribution in [2.75, 3.05) is 43.9 Å². The monoisotopic (exact) mass is 1270 g/mol. The molecule has 4 aromatic heterocycles. The first-order chi connectivity index (χ1) is 44.1. The summed E-state index contributed by atoms with van der Waals surface area (Å²) in [5, 5.41) is 22.8. The highest BCUT2D eigenvalue weighted by Gasteiger charge is 2.25. The van der Waals surface area contributed by atoms with Crippen LogP contribution in [0.15, 0.2) is 241 Å². The lowest BCUT2D eigenvalue weighted by Crippen LogP contribution is -2.21. The summed E-state index contributed by atoms with van der Waals surface area (Å²) in [6, 6.07) is 59.1. The van der Waals surface area contributed by atoms with E-state index in [2.05, 4.69) is 40.7 Å². The zero-order chi connectivity index (χ0) is 64.9. The van der Waals surface area contributed by atoms with E-state index in [1.54, 1.807) is 125 Å². The van der Waals surface area contributed by atoms with Crippen LogP contribution in [0.5, 0.6) is 11.5 Å². The zero-order valence-electron chi connectivity index (χ0n) is 51.5. The van der Waals surface area contributed by atoms with E-state index in [0.717, 1.165) is 51.9 Å². The van der Waals surface area contributed by atoms with E-state index in [-0.39, 0.29) is 20.6 Å². The van der Waals surface area contributed by atoms with E-state index in [1.807, 2.05) is 133 Å². The molecule has 0 saturated carbocycles. The number of benzene rings is 7. The van der Waals surface area contributed by atoms with Crippen LogP contribution in [0.25, 0.3) is 22.1 Å². The average molecular weight is 1270 g/mol. The fraction of sp³-hybridized carbons (Fsp3) is 0.171. The number of amides is 4. The lowest BCUT2D eigenvalue weighted by Gasteiger charge is -2.15. The van der Waals surface area contributed by atoms with Crippen molar-refractivity contribution in [1.29, 1.82) is 0 Å². The Bertz CT molecular complexity index is 4530. The second-order valence-corrected chi connectivity index (χ2v) is 26.7. The summed E-state index contributed by atoms with van der Waals surface area (Å²) >= 11 is 0. The normalized spacial score (nSPS) is 11.6. The summed E-state index contributed by atoms with van der Waals surface area (Å²) in [5.41, 5.74) is 6.38. The Morgan fingerprint density at radius 2 is 0.891 bits per heavy atom. The molecule has 92 heavy (non-hydrogen) atoms. The lowest BCUT2D eigenvalue weighted by atomic mass is 9.92. The number of carbonyl (C=O) groups excluding carboxylic acids is 2. The molecule has 0 fully saturated rings. The molecule has 0 aliphatic rings. The van der Waals surface area contributed by atoms with Crippen molar-refractivity contribution in [3.63, 3.8) is 0 Å². The van der Waals surface area contributed by atoms with Crippen molar-refractivity contribution in [3.8, 4) is 22.9 Å². The summed E-state index contributed by atoms with van der Waals surface area (Å²) in [4.78, 5) is 34.9. The highest BCUT2D eigenvalue weighted by Crippen LogP contribution is 2.34. The maximum absolute atomic E-state index is 13.5. The molecule has 0 bridgehead atoms. The van der Waals surface area contributed by atoms with Gasteiger partial charge in [0.1, 0.15) is 23.1 Å².